The van der Waals surface area contributed by atoms with Crippen molar-refractivity contribution in [3.63, 3.8) is 0 Å². The third-order valence-corrected chi connectivity index (χ3v) is 4.93. The molecule has 5 nitrogen and oxygen atoms in total. The van der Waals surface area contributed by atoms with E-state index in [2.05, 4.69) is 24.1 Å². The number of fused-ring (bicyclic) bond motifs is 1. The maximum atomic E-state index is 12.5. The molecule has 1 atom stereocenters. The first kappa shape index (κ1) is 18.1. The number of hydrogen-bond donors (Lipinski definition) is 1. The summed E-state index contributed by atoms with van der Waals surface area (Å²) in [6, 6.07) is 6.00. The standard InChI is InChI=1S/C20H30N2O3/c1-15(2)20(21-19(23)14-22-9-4-3-5-10-22)16-7-8-17-18(13-16)25-12-6-11-24-17/h7-8,13,15,20H,3-6,9-12,14H2,1-2H3,(H,21,23)/t20-/m1/s1. The zero-order valence-corrected chi connectivity index (χ0v) is 15.4. The van der Waals surface area contributed by atoms with Crippen LogP contribution in [0.3, 0.4) is 0 Å². The van der Waals surface area contributed by atoms with Gasteiger partial charge in [0.05, 0.1) is 25.8 Å². The molecule has 0 aliphatic carbocycles. The van der Waals surface area contributed by atoms with Crippen molar-refractivity contribution in [3.05, 3.63) is 23.8 Å². The molecule has 0 unspecified atom stereocenters. The quantitative estimate of drug-likeness (QED) is 0.890. The van der Waals surface area contributed by atoms with Crippen molar-refractivity contribution in [1.29, 1.82) is 0 Å². The van der Waals surface area contributed by atoms with Gasteiger partial charge in [-0.3, -0.25) is 9.69 Å². The Bertz CT molecular complexity index is 582. The molecule has 0 aromatic heterocycles. The minimum Gasteiger partial charge on any atom is -0.490 e. The number of carbonyl (C=O) groups is 1. The molecule has 2 heterocycles. The van der Waals surface area contributed by atoms with Crippen LogP contribution in [-0.2, 0) is 4.79 Å². The Balaban J connectivity index is 1.68. The maximum Gasteiger partial charge on any atom is 0.234 e. The third-order valence-electron chi connectivity index (χ3n) is 4.93. The Hall–Kier alpha value is -1.75. The average molecular weight is 346 g/mol. The van der Waals surface area contributed by atoms with E-state index in [9.17, 15) is 4.79 Å². The van der Waals surface area contributed by atoms with E-state index in [4.69, 9.17) is 9.47 Å². The van der Waals surface area contributed by atoms with Gasteiger partial charge in [-0.2, -0.15) is 0 Å². The number of likely N-dealkylation sites (tertiary alicyclic amines) is 1. The minimum absolute atomic E-state index is 0.0190. The van der Waals surface area contributed by atoms with Crippen LogP contribution in [-0.4, -0.2) is 43.7 Å². The second-order valence-corrected chi connectivity index (χ2v) is 7.38. The number of hydrogen-bond acceptors (Lipinski definition) is 4. The van der Waals surface area contributed by atoms with Crippen LogP contribution >= 0.6 is 0 Å². The van der Waals surface area contributed by atoms with E-state index in [1.807, 2.05) is 18.2 Å². The number of piperidine rings is 1. The number of ether oxygens (including phenoxy) is 2. The molecule has 1 amide bonds. The molecule has 0 saturated carbocycles. The van der Waals surface area contributed by atoms with Crippen molar-refractivity contribution in [3.8, 4) is 11.5 Å². The monoisotopic (exact) mass is 346 g/mol. The zero-order valence-electron chi connectivity index (χ0n) is 15.4. The maximum absolute atomic E-state index is 12.5. The molecule has 0 radical (unpaired) electrons. The van der Waals surface area contributed by atoms with Crippen molar-refractivity contribution in [2.24, 2.45) is 5.92 Å². The average Bonchev–Trinajstić information content (AvgIpc) is 2.85. The highest BCUT2D eigenvalue weighted by Crippen LogP contribution is 2.34. The smallest absolute Gasteiger partial charge is 0.234 e. The third kappa shape index (κ3) is 4.88. The van der Waals surface area contributed by atoms with Gasteiger partial charge in [-0.05, 0) is 49.5 Å². The van der Waals surface area contributed by atoms with Crippen LogP contribution in [0.4, 0.5) is 0 Å². The molecule has 138 valence electrons. The fourth-order valence-corrected chi connectivity index (χ4v) is 3.55. The van der Waals surface area contributed by atoms with Crippen LogP contribution in [0.1, 0.15) is 51.1 Å². The van der Waals surface area contributed by atoms with Gasteiger partial charge >= 0.3 is 0 Å². The fourth-order valence-electron chi connectivity index (χ4n) is 3.55. The van der Waals surface area contributed by atoms with Crippen LogP contribution < -0.4 is 14.8 Å². The molecule has 1 saturated heterocycles. The lowest BCUT2D eigenvalue weighted by molar-refractivity contribution is -0.123. The second kappa shape index (κ2) is 8.56. The first-order valence-electron chi connectivity index (χ1n) is 9.55. The Kier molecular flexibility index (Phi) is 6.19. The molecule has 25 heavy (non-hydrogen) atoms. The lowest BCUT2D eigenvalue weighted by Gasteiger charge is -2.28. The first-order valence-corrected chi connectivity index (χ1v) is 9.55. The van der Waals surface area contributed by atoms with E-state index >= 15 is 0 Å². The molecular formula is C20H30N2O3. The molecular weight excluding hydrogens is 316 g/mol. The van der Waals surface area contributed by atoms with Crippen molar-refractivity contribution in [2.45, 2.75) is 45.6 Å². The number of rotatable bonds is 5. The number of carbonyl (C=O) groups excluding carboxylic acids is 1. The summed E-state index contributed by atoms with van der Waals surface area (Å²) in [5.74, 6) is 1.98. The Morgan fingerprint density at radius 1 is 1.08 bits per heavy atom. The SMILES string of the molecule is CC(C)[C@@H](NC(=O)CN1CCCCC1)c1ccc2c(c1)OCCCO2. The summed E-state index contributed by atoms with van der Waals surface area (Å²) in [4.78, 5) is 14.8. The highest BCUT2D eigenvalue weighted by molar-refractivity contribution is 5.78. The minimum atomic E-state index is -0.0190. The molecule has 0 bridgehead atoms. The summed E-state index contributed by atoms with van der Waals surface area (Å²) in [6.07, 6.45) is 4.57. The lowest BCUT2D eigenvalue weighted by atomic mass is 9.95. The largest absolute Gasteiger partial charge is 0.490 e. The van der Waals surface area contributed by atoms with Gasteiger partial charge in [0, 0.05) is 6.42 Å². The van der Waals surface area contributed by atoms with Crippen LogP contribution in [0.15, 0.2) is 18.2 Å². The van der Waals surface area contributed by atoms with Gasteiger partial charge in [0.1, 0.15) is 0 Å². The van der Waals surface area contributed by atoms with Crippen LogP contribution in [0.2, 0.25) is 0 Å². The van der Waals surface area contributed by atoms with Gasteiger partial charge in [0.2, 0.25) is 5.91 Å². The van der Waals surface area contributed by atoms with E-state index in [1.165, 1.54) is 19.3 Å². The molecule has 0 spiro atoms. The second-order valence-electron chi connectivity index (χ2n) is 7.38. The zero-order chi connectivity index (χ0) is 17.6. The van der Waals surface area contributed by atoms with E-state index in [0.717, 1.165) is 36.6 Å². The van der Waals surface area contributed by atoms with E-state index < -0.39 is 0 Å². The van der Waals surface area contributed by atoms with Gasteiger partial charge in [-0.1, -0.05) is 26.3 Å². The number of amides is 1. The summed E-state index contributed by atoms with van der Waals surface area (Å²) in [7, 11) is 0. The molecule has 3 rings (SSSR count). The fraction of sp³-hybridized carbons (Fsp3) is 0.650. The molecule has 2 aliphatic rings. The van der Waals surface area contributed by atoms with Gasteiger partial charge in [-0.25, -0.2) is 0 Å². The number of benzene rings is 1. The molecule has 1 fully saturated rings. The lowest BCUT2D eigenvalue weighted by Crippen LogP contribution is -2.42. The van der Waals surface area contributed by atoms with Gasteiger partial charge < -0.3 is 14.8 Å². The molecule has 1 aromatic rings. The highest BCUT2D eigenvalue weighted by atomic mass is 16.5. The summed E-state index contributed by atoms with van der Waals surface area (Å²) < 4.78 is 11.5. The Morgan fingerprint density at radius 3 is 2.52 bits per heavy atom. The number of nitrogens with one attached hydrogen (secondary N) is 1. The van der Waals surface area contributed by atoms with Crippen molar-refractivity contribution in [2.75, 3.05) is 32.8 Å². The molecule has 2 aliphatic heterocycles. The molecule has 5 heteroatoms. The van der Waals surface area contributed by atoms with E-state index in [-0.39, 0.29) is 11.9 Å². The van der Waals surface area contributed by atoms with Crippen molar-refractivity contribution < 1.29 is 14.3 Å². The van der Waals surface area contributed by atoms with Gasteiger partial charge in [0.25, 0.3) is 0 Å². The Morgan fingerprint density at radius 2 is 1.80 bits per heavy atom. The van der Waals surface area contributed by atoms with E-state index in [0.29, 0.717) is 25.7 Å². The topological polar surface area (TPSA) is 50.8 Å². The predicted molar refractivity (Wildman–Crippen MR) is 98.1 cm³/mol. The summed E-state index contributed by atoms with van der Waals surface area (Å²) in [5.41, 5.74) is 1.08. The van der Waals surface area contributed by atoms with E-state index in [1.54, 1.807) is 0 Å². The molecule has 1 N–H and O–H groups in total. The Labute approximate surface area is 150 Å². The summed E-state index contributed by atoms with van der Waals surface area (Å²) in [6.45, 7) is 8.18. The van der Waals surface area contributed by atoms with Crippen LogP contribution in [0.5, 0.6) is 11.5 Å². The van der Waals surface area contributed by atoms with Crippen molar-refractivity contribution in [1.82, 2.24) is 10.2 Å². The summed E-state index contributed by atoms with van der Waals surface area (Å²) in [5, 5.41) is 3.23. The predicted octanol–water partition coefficient (Wildman–Crippen LogP) is 3.15. The normalized spacial score (nSPS) is 19.3. The highest BCUT2D eigenvalue weighted by Gasteiger charge is 2.22. The first-order chi connectivity index (χ1) is 12.1. The van der Waals surface area contributed by atoms with Crippen LogP contribution in [0.25, 0.3) is 0 Å². The van der Waals surface area contributed by atoms with Crippen LogP contribution in [0, 0.1) is 5.92 Å². The molecule has 1 aromatic carbocycles. The van der Waals surface area contributed by atoms with Crippen molar-refractivity contribution >= 4 is 5.91 Å². The number of nitrogens with zero attached hydrogens (tertiary/aromatic N) is 1. The van der Waals surface area contributed by atoms with Gasteiger partial charge in [0.15, 0.2) is 11.5 Å². The van der Waals surface area contributed by atoms with Gasteiger partial charge in [-0.15, -0.1) is 0 Å². The summed E-state index contributed by atoms with van der Waals surface area (Å²) >= 11 is 0.